The van der Waals surface area contributed by atoms with Gasteiger partial charge in [-0.05, 0) is 11.6 Å². The standard InChI is InChI=1S/C14H15N3O6/c18-11-3-4-14(23-11,13(20)21)17-12(19)10(8-22-17)16-7-9-2-1-5-15-6-9/h1-2,5-6,10,16H,3-4,7-8H2,(H,20,21)/t10-,14?/m0/s1. The Morgan fingerprint density at radius 3 is 2.96 bits per heavy atom. The molecule has 2 aliphatic rings. The number of carboxylic acid groups (broad SMARTS) is 1. The number of carbonyl (C=O) groups excluding carboxylic acids is 2. The molecule has 3 rings (SSSR count). The van der Waals surface area contributed by atoms with Gasteiger partial charge >= 0.3 is 17.7 Å². The minimum Gasteiger partial charge on any atom is -0.477 e. The second-order valence-electron chi connectivity index (χ2n) is 5.29. The van der Waals surface area contributed by atoms with Crippen LogP contribution in [0.3, 0.4) is 0 Å². The predicted octanol–water partition coefficient (Wildman–Crippen LogP) is -0.568. The molecule has 9 nitrogen and oxygen atoms in total. The highest BCUT2D eigenvalue weighted by Crippen LogP contribution is 2.33. The van der Waals surface area contributed by atoms with E-state index in [4.69, 9.17) is 9.57 Å². The second-order valence-corrected chi connectivity index (χ2v) is 5.29. The van der Waals surface area contributed by atoms with Crippen molar-refractivity contribution in [3.8, 4) is 0 Å². The molecule has 2 fully saturated rings. The van der Waals surface area contributed by atoms with Crippen molar-refractivity contribution in [2.24, 2.45) is 0 Å². The molecule has 1 aromatic rings. The van der Waals surface area contributed by atoms with Crippen LogP contribution in [0.25, 0.3) is 0 Å². The zero-order valence-corrected chi connectivity index (χ0v) is 12.1. The van der Waals surface area contributed by atoms with Gasteiger partial charge in [-0.25, -0.2) is 4.79 Å². The lowest BCUT2D eigenvalue weighted by Gasteiger charge is -2.30. The summed E-state index contributed by atoms with van der Waals surface area (Å²) in [4.78, 5) is 44.4. The van der Waals surface area contributed by atoms with E-state index in [1.54, 1.807) is 18.5 Å². The van der Waals surface area contributed by atoms with Crippen LogP contribution >= 0.6 is 0 Å². The number of pyridine rings is 1. The number of cyclic esters (lactones) is 1. The molecule has 0 aliphatic carbocycles. The molecular formula is C14H15N3O6. The van der Waals surface area contributed by atoms with Gasteiger partial charge in [0.05, 0.1) is 13.0 Å². The van der Waals surface area contributed by atoms with Crippen LogP contribution in [0, 0.1) is 0 Å². The molecule has 122 valence electrons. The number of hydrogen-bond donors (Lipinski definition) is 2. The van der Waals surface area contributed by atoms with Gasteiger partial charge in [0.15, 0.2) is 0 Å². The third-order valence-corrected chi connectivity index (χ3v) is 3.76. The summed E-state index contributed by atoms with van der Waals surface area (Å²) in [6.07, 6.45) is 3.08. The number of amides is 1. The number of esters is 1. The molecular weight excluding hydrogens is 306 g/mol. The quantitative estimate of drug-likeness (QED) is 0.692. The zero-order chi connectivity index (χ0) is 16.4. The molecule has 0 radical (unpaired) electrons. The molecule has 9 heteroatoms. The maximum absolute atomic E-state index is 12.4. The van der Waals surface area contributed by atoms with Crippen LogP contribution in [0.2, 0.25) is 0 Å². The smallest absolute Gasteiger partial charge is 0.372 e. The van der Waals surface area contributed by atoms with Crippen LogP contribution in [-0.2, 0) is 30.5 Å². The minimum absolute atomic E-state index is 0.0360. The van der Waals surface area contributed by atoms with Gasteiger partial charge in [0, 0.05) is 25.4 Å². The molecule has 2 N–H and O–H groups in total. The molecule has 0 saturated carbocycles. The number of nitrogens with one attached hydrogen (secondary N) is 1. The number of ether oxygens (including phenoxy) is 1. The fourth-order valence-corrected chi connectivity index (χ4v) is 2.54. The minimum atomic E-state index is -2.07. The Labute approximate surface area is 131 Å². The van der Waals surface area contributed by atoms with E-state index in [0.717, 1.165) is 5.56 Å². The lowest BCUT2D eigenvalue weighted by molar-refractivity contribution is -0.256. The van der Waals surface area contributed by atoms with Crippen molar-refractivity contribution >= 4 is 17.8 Å². The number of aliphatic carboxylic acids is 1. The summed E-state index contributed by atoms with van der Waals surface area (Å²) >= 11 is 0. The van der Waals surface area contributed by atoms with Gasteiger partial charge in [-0.3, -0.25) is 24.7 Å². The summed E-state index contributed by atoms with van der Waals surface area (Å²) < 4.78 is 4.88. The highest BCUT2D eigenvalue weighted by molar-refractivity contribution is 5.92. The third-order valence-electron chi connectivity index (χ3n) is 3.76. The largest absolute Gasteiger partial charge is 0.477 e. The second kappa shape index (κ2) is 5.94. The van der Waals surface area contributed by atoms with E-state index >= 15 is 0 Å². The van der Waals surface area contributed by atoms with E-state index in [1.165, 1.54) is 0 Å². The Morgan fingerprint density at radius 1 is 1.52 bits per heavy atom. The molecule has 2 atom stereocenters. The third kappa shape index (κ3) is 2.76. The van der Waals surface area contributed by atoms with Gasteiger partial charge in [-0.1, -0.05) is 6.07 Å². The first kappa shape index (κ1) is 15.4. The SMILES string of the molecule is O=C1CCC(C(=O)O)(N2OC[C@H](NCc3cccnc3)C2=O)O1. The number of hydrogen-bond acceptors (Lipinski definition) is 7. The summed E-state index contributed by atoms with van der Waals surface area (Å²) in [5.41, 5.74) is -1.20. The summed E-state index contributed by atoms with van der Waals surface area (Å²) in [7, 11) is 0. The van der Waals surface area contributed by atoms with Crippen molar-refractivity contribution in [3.63, 3.8) is 0 Å². The fourth-order valence-electron chi connectivity index (χ4n) is 2.54. The van der Waals surface area contributed by atoms with E-state index < -0.39 is 29.6 Å². The van der Waals surface area contributed by atoms with Gasteiger partial charge in [0.1, 0.15) is 6.04 Å². The van der Waals surface area contributed by atoms with Crippen LogP contribution in [-0.4, -0.2) is 51.4 Å². The Morgan fingerprint density at radius 2 is 2.35 bits per heavy atom. The van der Waals surface area contributed by atoms with E-state index in [1.807, 2.05) is 6.07 Å². The number of aromatic nitrogens is 1. The summed E-state index contributed by atoms with van der Waals surface area (Å²) in [6, 6.07) is 2.90. The highest BCUT2D eigenvalue weighted by atomic mass is 16.7. The maximum Gasteiger partial charge on any atom is 0.372 e. The van der Waals surface area contributed by atoms with Gasteiger partial charge in [-0.15, -0.1) is 0 Å². The molecule has 0 spiro atoms. The van der Waals surface area contributed by atoms with E-state index in [-0.39, 0.29) is 19.4 Å². The Kier molecular flexibility index (Phi) is 3.97. The lowest BCUT2D eigenvalue weighted by Crippen LogP contribution is -2.56. The maximum atomic E-state index is 12.4. The number of carbonyl (C=O) groups is 3. The Balaban J connectivity index is 1.68. The van der Waals surface area contributed by atoms with Crippen molar-refractivity contribution < 1.29 is 29.1 Å². The zero-order valence-electron chi connectivity index (χ0n) is 12.1. The normalized spacial score (nSPS) is 27.3. The van der Waals surface area contributed by atoms with Crippen LogP contribution in [0.15, 0.2) is 24.5 Å². The first-order valence-electron chi connectivity index (χ1n) is 7.07. The van der Waals surface area contributed by atoms with Gasteiger partial charge < -0.3 is 9.84 Å². The first-order valence-corrected chi connectivity index (χ1v) is 7.07. The number of rotatable bonds is 5. The van der Waals surface area contributed by atoms with Crippen molar-refractivity contribution in [2.45, 2.75) is 31.2 Å². The van der Waals surface area contributed by atoms with E-state index in [2.05, 4.69) is 10.3 Å². The van der Waals surface area contributed by atoms with Crippen molar-refractivity contribution in [2.75, 3.05) is 6.61 Å². The number of nitrogens with zero attached hydrogens (tertiary/aromatic N) is 2. The number of hydroxylamine groups is 2. The molecule has 2 aliphatic heterocycles. The Hall–Kier alpha value is -2.52. The van der Waals surface area contributed by atoms with Crippen LogP contribution in [0.5, 0.6) is 0 Å². The molecule has 23 heavy (non-hydrogen) atoms. The molecule has 0 aromatic carbocycles. The fraction of sp³-hybridized carbons (Fsp3) is 0.429. The highest BCUT2D eigenvalue weighted by Gasteiger charge is 2.58. The van der Waals surface area contributed by atoms with Crippen molar-refractivity contribution in [3.05, 3.63) is 30.1 Å². The monoisotopic (exact) mass is 321 g/mol. The van der Waals surface area contributed by atoms with Gasteiger partial charge in [-0.2, -0.15) is 5.06 Å². The van der Waals surface area contributed by atoms with Gasteiger partial charge in [0.25, 0.3) is 5.91 Å². The average molecular weight is 321 g/mol. The number of carboxylic acids is 1. The van der Waals surface area contributed by atoms with Crippen LogP contribution < -0.4 is 5.32 Å². The Bertz CT molecular complexity index is 637. The predicted molar refractivity (Wildman–Crippen MR) is 73.4 cm³/mol. The topological polar surface area (TPSA) is 118 Å². The molecule has 2 saturated heterocycles. The molecule has 3 heterocycles. The lowest BCUT2D eigenvalue weighted by atomic mass is 10.1. The summed E-state index contributed by atoms with van der Waals surface area (Å²) in [5, 5.41) is 13.0. The average Bonchev–Trinajstić information content (AvgIpc) is 3.10. The van der Waals surface area contributed by atoms with Crippen molar-refractivity contribution in [1.29, 1.82) is 0 Å². The summed E-state index contributed by atoms with van der Waals surface area (Å²) in [6.45, 7) is 0.340. The summed E-state index contributed by atoms with van der Waals surface area (Å²) in [5.74, 6) is -2.67. The van der Waals surface area contributed by atoms with Gasteiger partial charge in [0.2, 0.25) is 0 Å². The van der Waals surface area contributed by atoms with Crippen LogP contribution in [0.4, 0.5) is 0 Å². The molecule has 0 bridgehead atoms. The van der Waals surface area contributed by atoms with Crippen LogP contribution in [0.1, 0.15) is 18.4 Å². The van der Waals surface area contributed by atoms with E-state index in [9.17, 15) is 19.5 Å². The first-order chi connectivity index (χ1) is 11.0. The van der Waals surface area contributed by atoms with Crippen molar-refractivity contribution in [1.82, 2.24) is 15.4 Å². The molecule has 1 unspecified atom stereocenters. The van der Waals surface area contributed by atoms with E-state index in [0.29, 0.717) is 11.6 Å². The molecule has 1 aromatic heterocycles. The molecule has 1 amide bonds.